The first-order chi connectivity index (χ1) is 12.5. The van der Waals surface area contributed by atoms with Crippen molar-refractivity contribution in [2.24, 2.45) is 0 Å². The molecule has 4 rings (SSSR count). The minimum Gasteiger partial charge on any atom is -0.441 e. The molecular formula is C19H18N4O3. The highest BCUT2D eigenvalue weighted by Gasteiger charge is 2.18. The number of fused-ring (bicyclic) bond motifs is 1. The fourth-order valence-corrected chi connectivity index (χ4v) is 3.09. The van der Waals surface area contributed by atoms with Gasteiger partial charge in [0.15, 0.2) is 5.52 Å². The SMILES string of the molecule is Cc1ccccc1-c1nc(Cn2nc(C)c3c(C)onc3c2=O)c(C)o1. The van der Waals surface area contributed by atoms with E-state index in [1.165, 1.54) is 4.68 Å². The number of hydrogen-bond acceptors (Lipinski definition) is 6. The Kier molecular flexibility index (Phi) is 3.72. The van der Waals surface area contributed by atoms with Crippen LogP contribution in [0.15, 0.2) is 38.0 Å². The second kappa shape index (κ2) is 5.94. The normalized spacial score (nSPS) is 11.4. The molecule has 0 spiro atoms. The number of hydrogen-bond donors (Lipinski definition) is 0. The summed E-state index contributed by atoms with van der Waals surface area (Å²) in [5, 5.41) is 8.94. The number of aryl methyl sites for hydroxylation is 4. The van der Waals surface area contributed by atoms with Gasteiger partial charge in [-0.2, -0.15) is 5.10 Å². The maximum Gasteiger partial charge on any atom is 0.297 e. The smallest absolute Gasteiger partial charge is 0.297 e. The van der Waals surface area contributed by atoms with Crippen LogP contribution in [-0.4, -0.2) is 19.9 Å². The molecule has 0 atom stereocenters. The fourth-order valence-electron chi connectivity index (χ4n) is 3.09. The van der Waals surface area contributed by atoms with Crippen molar-refractivity contribution >= 4 is 10.9 Å². The zero-order valence-corrected chi connectivity index (χ0v) is 15.0. The van der Waals surface area contributed by atoms with E-state index in [2.05, 4.69) is 15.2 Å². The third kappa shape index (κ3) is 2.52. The van der Waals surface area contributed by atoms with Gasteiger partial charge in [-0.15, -0.1) is 0 Å². The molecular weight excluding hydrogens is 332 g/mol. The monoisotopic (exact) mass is 350 g/mol. The predicted molar refractivity (Wildman–Crippen MR) is 96.1 cm³/mol. The van der Waals surface area contributed by atoms with Gasteiger partial charge in [-0.25, -0.2) is 9.67 Å². The lowest BCUT2D eigenvalue weighted by atomic mass is 10.1. The molecule has 0 saturated heterocycles. The molecule has 0 radical (unpaired) electrons. The molecule has 7 nitrogen and oxygen atoms in total. The molecule has 0 bridgehead atoms. The summed E-state index contributed by atoms with van der Waals surface area (Å²) < 4.78 is 12.3. The van der Waals surface area contributed by atoms with Gasteiger partial charge in [0, 0.05) is 5.56 Å². The van der Waals surface area contributed by atoms with Gasteiger partial charge in [0.05, 0.1) is 17.6 Å². The van der Waals surface area contributed by atoms with E-state index in [0.717, 1.165) is 11.1 Å². The molecule has 26 heavy (non-hydrogen) atoms. The maximum absolute atomic E-state index is 12.7. The highest BCUT2D eigenvalue weighted by Crippen LogP contribution is 2.25. The van der Waals surface area contributed by atoms with Gasteiger partial charge in [0.1, 0.15) is 17.2 Å². The molecule has 0 aliphatic rings. The largest absolute Gasteiger partial charge is 0.441 e. The van der Waals surface area contributed by atoms with Gasteiger partial charge >= 0.3 is 0 Å². The average Bonchev–Trinajstić information content (AvgIpc) is 3.17. The van der Waals surface area contributed by atoms with E-state index in [4.69, 9.17) is 8.94 Å². The van der Waals surface area contributed by atoms with Crippen LogP contribution in [0.5, 0.6) is 0 Å². The van der Waals surface area contributed by atoms with Gasteiger partial charge in [-0.1, -0.05) is 23.4 Å². The lowest BCUT2D eigenvalue weighted by Gasteiger charge is -2.04. The van der Waals surface area contributed by atoms with Gasteiger partial charge in [-0.3, -0.25) is 4.79 Å². The van der Waals surface area contributed by atoms with Gasteiger partial charge in [0.2, 0.25) is 5.89 Å². The molecule has 1 aromatic carbocycles. The molecule has 0 unspecified atom stereocenters. The molecule has 0 fully saturated rings. The zero-order chi connectivity index (χ0) is 18.4. The highest BCUT2D eigenvalue weighted by molar-refractivity contribution is 5.81. The van der Waals surface area contributed by atoms with Crippen LogP contribution in [0, 0.1) is 27.7 Å². The van der Waals surface area contributed by atoms with Crippen LogP contribution in [-0.2, 0) is 6.54 Å². The van der Waals surface area contributed by atoms with Crippen molar-refractivity contribution in [3.8, 4) is 11.5 Å². The van der Waals surface area contributed by atoms with E-state index in [0.29, 0.717) is 34.2 Å². The summed E-state index contributed by atoms with van der Waals surface area (Å²) in [6, 6.07) is 7.88. The van der Waals surface area contributed by atoms with Crippen molar-refractivity contribution in [1.29, 1.82) is 0 Å². The number of aromatic nitrogens is 4. The van der Waals surface area contributed by atoms with E-state index in [1.54, 1.807) is 6.92 Å². The maximum atomic E-state index is 12.7. The Morgan fingerprint density at radius 2 is 1.85 bits per heavy atom. The van der Waals surface area contributed by atoms with Crippen molar-refractivity contribution in [3.63, 3.8) is 0 Å². The fraction of sp³-hybridized carbons (Fsp3) is 0.263. The molecule has 0 amide bonds. The Hall–Kier alpha value is -3.22. The van der Waals surface area contributed by atoms with Crippen molar-refractivity contribution in [2.45, 2.75) is 34.2 Å². The van der Waals surface area contributed by atoms with Crippen LogP contribution in [0.2, 0.25) is 0 Å². The van der Waals surface area contributed by atoms with Gasteiger partial charge < -0.3 is 8.94 Å². The zero-order valence-electron chi connectivity index (χ0n) is 15.0. The lowest BCUT2D eigenvalue weighted by molar-refractivity contribution is 0.405. The summed E-state index contributed by atoms with van der Waals surface area (Å²) >= 11 is 0. The molecule has 0 N–H and O–H groups in total. The van der Waals surface area contributed by atoms with Gasteiger partial charge in [-0.05, 0) is 39.3 Å². The third-order valence-electron chi connectivity index (χ3n) is 4.50. The van der Waals surface area contributed by atoms with Crippen molar-refractivity contribution in [1.82, 2.24) is 19.9 Å². The van der Waals surface area contributed by atoms with Crippen molar-refractivity contribution in [2.75, 3.05) is 0 Å². The standard InChI is InChI=1S/C19H18N4O3/c1-10-7-5-6-8-14(10)18-20-15(12(3)25-18)9-23-19(24)17-16(11(2)21-23)13(4)26-22-17/h5-8H,9H2,1-4H3. The predicted octanol–water partition coefficient (Wildman–Crippen LogP) is 3.32. The van der Waals surface area contributed by atoms with E-state index < -0.39 is 0 Å². The molecule has 3 aromatic heterocycles. The Bertz CT molecular complexity index is 1180. The topological polar surface area (TPSA) is 87.0 Å². The molecule has 7 heteroatoms. The number of benzene rings is 1. The summed E-state index contributed by atoms with van der Waals surface area (Å²) in [5.41, 5.74) is 3.35. The first-order valence-electron chi connectivity index (χ1n) is 8.31. The summed E-state index contributed by atoms with van der Waals surface area (Å²) in [4.78, 5) is 17.2. The van der Waals surface area contributed by atoms with Crippen LogP contribution >= 0.6 is 0 Å². The first-order valence-corrected chi connectivity index (χ1v) is 8.31. The second-order valence-electron chi connectivity index (χ2n) is 6.35. The van der Waals surface area contributed by atoms with Crippen molar-refractivity contribution < 1.29 is 8.94 Å². The summed E-state index contributed by atoms with van der Waals surface area (Å²) in [6.45, 7) is 7.65. The minimum absolute atomic E-state index is 0.211. The van der Waals surface area contributed by atoms with Crippen LogP contribution in [0.4, 0.5) is 0 Å². The van der Waals surface area contributed by atoms with Crippen LogP contribution in [0.1, 0.15) is 28.5 Å². The lowest BCUT2D eigenvalue weighted by Crippen LogP contribution is -2.25. The van der Waals surface area contributed by atoms with E-state index in [1.807, 2.05) is 45.0 Å². The number of rotatable bonds is 3. The molecule has 0 saturated carbocycles. The Morgan fingerprint density at radius 3 is 2.62 bits per heavy atom. The molecule has 4 aromatic rings. The number of nitrogens with zero attached hydrogens (tertiary/aromatic N) is 4. The molecule has 0 aliphatic heterocycles. The second-order valence-corrected chi connectivity index (χ2v) is 6.35. The van der Waals surface area contributed by atoms with Crippen LogP contribution in [0.25, 0.3) is 22.4 Å². The minimum atomic E-state index is -0.303. The molecule has 3 heterocycles. The van der Waals surface area contributed by atoms with Gasteiger partial charge in [0.25, 0.3) is 5.56 Å². The summed E-state index contributed by atoms with van der Waals surface area (Å²) in [6.07, 6.45) is 0. The Labute approximate surface area is 149 Å². The summed E-state index contributed by atoms with van der Waals surface area (Å²) in [7, 11) is 0. The molecule has 132 valence electrons. The molecule has 0 aliphatic carbocycles. The van der Waals surface area contributed by atoms with Crippen LogP contribution < -0.4 is 5.56 Å². The Morgan fingerprint density at radius 1 is 1.08 bits per heavy atom. The van der Waals surface area contributed by atoms with Crippen LogP contribution in [0.3, 0.4) is 0 Å². The van der Waals surface area contributed by atoms with E-state index >= 15 is 0 Å². The Balaban J connectivity index is 1.77. The quantitative estimate of drug-likeness (QED) is 0.563. The van der Waals surface area contributed by atoms with E-state index in [-0.39, 0.29) is 17.6 Å². The first kappa shape index (κ1) is 16.3. The van der Waals surface area contributed by atoms with Crippen molar-refractivity contribution in [3.05, 3.63) is 63.1 Å². The average molecular weight is 350 g/mol. The summed E-state index contributed by atoms with van der Waals surface area (Å²) in [5.74, 6) is 1.79. The highest BCUT2D eigenvalue weighted by atomic mass is 16.5. The van der Waals surface area contributed by atoms with E-state index in [9.17, 15) is 4.79 Å². The third-order valence-corrected chi connectivity index (χ3v) is 4.50. The number of oxazole rings is 1.